The summed E-state index contributed by atoms with van der Waals surface area (Å²) in [5.74, 6) is 0. The molecule has 1 saturated heterocycles. The van der Waals surface area contributed by atoms with Crippen LogP contribution in [0.2, 0.25) is 0 Å². The van der Waals surface area contributed by atoms with Gasteiger partial charge < -0.3 is 0 Å². The minimum absolute atomic E-state index is 0.190. The van der Waals surface area contributed by atoms with Crippen LogP contribution in [0.5, 0.6) is 0 Å². The van der Waals surface area contributed by atoms with Gasteiger partial charge in [-0.15, -0.1) is 0 Å². The van der Waals surface area contributed by atoms with Gasteiger partial charge in [0.05, 0.1) is 35.2 Å². The maximum atomic E-state index is 4.67. The van der Waals surface area contributed by atoms with Crippen LogP contribution in [0.15, 0.2) is 73.2 Å². The van der Waals surface area contributed by atoms with Gasteiger partial charge >= 0.3 is 0 Å². The van der Waals surface area contributed by atoms with Crippen molar-refractivity contribution in [3.63, 3.8) is 0 Å². The number of pyridine rings is 3. The Labute approximate surface area is 155 Å². The van der Waals surface area contributed by atoms with Crippen LogP contribution in [-0.2, 0) is 0 Å². The molecular formula is C22H24N4. The first kappa shape index (κ1) is 16.9. The van der Waals surface area contributed by atoms with Gasteiger partial charge in [0, 0.05) is 18.6 Å². The summed E-state index contributed by atoms with van der Waals surface area (Å²) in [7, 11) is 0. The zero-order valence-electron chi connectivity index (χ0n) is 15.1. The van der Waals surface area contributed by atoms with Gasteiger partial charge in [0.2, 0.25) is 0 Å². The molecule has 1 aliphatic rings. The van der Waals surface area contributed by atoms with E-state index in [0.29, 0.717) is 0 Å². The van der Waals surface area contributed by atoms with E-state index in [0.717, 1.165) is 29.9 Å². The topological polar surface area (TPSA) is 41.9 Å². The standard InChI is InChI=1S/C22H24N4/c1-17(18-9-2-5-14-23-18)26-21(19-10-3-6-15-24-19)12-8-13-22(26)20-11-4-7-16-25-20/h2-7,9-11,14-17,21-22H,8,12-13H2,1H3/t17-,21-,22-/m0/s1. The number of hydrogen-bond acceptors (Lipinski definition) is 4. The zero-order valence-corrected chi connectivity index (χ0v) is 15.1. The normalized spacial score (nSPS) is 22.0. The summed E-state index contributed by atoms with van der Waals surface area (Å²) in [5, 5.41) is 0. The van der Waals surface area contributed by atoms with Crippen molar-refractivity contribution in [1.29, 1.82) is 0 Å². The van der Waals surface area contributed by atoms with E-state index >= 15 is 0 Å². The minimum Gasteiger partial charge on any atom is -0.278 e. The molecule has 0 bridgehead atoms. The van der Waals surface area contributed by atoms with Crippen LogP contribution in [0.25, 0.3) is 0 Å². The molecule has 4 nitrogen and oxygen atoms in total. The van der Waals surface area contributed by atoms with Crippen molar-refractivity contribution in [1.82, 2.24) is 19.9 Å². The predicted molar refractivity (Wildman–Crippen MR) is 102 cm³/mol. The molecule has 3 aromatic heterocycles. The number of aromatic nitrogens is 3. The average Bonchev–Trinajstić information content (AvgIpc) is 2.74. The van der Waals surface area contributed by atoms with E-state index in [1.165, 1.54) is 6.42 Å². The van der Waals surface area contributed by atoms with Gasteiger partial charge in [-0.1, -0.05) is 18.2 Å². The highest BCUT2D eigenvalue weighted by Crippen LogP contribution is 2.45. The van der Waals surface area contributed by atoms with Crippen molar-refractivity contribution < 1.29 is 0 Å². The zero-order chi connectivity index (χ0) is 17.8. The van der Waals surface area contributed by atoms with Crippen LogP contribution in [0.3, 0.4) is 0 Å². The summed E-state index contributed by atoms with van der Waals surface area (Å²) < 4.78 is 0. The van der Waals surface area contributed by atoms with Crippen molar-refractivity contribution >= 4 is 0 Å². The fraction of sp³-hybridized carbons (Fsp3) is 0.318. The second-order valence-corrected chi connectivity index (χ2v) is 6.85. The molecular weight excluding hydrogens is 320 g/mol. The van der Waals surface area contributed by atoms with Crippen molar-refractivity contribution in [3.8, 4) is 0 Å². The number of likely N-dealkylation sites (tertiary alicyclic amines) is 1. The van der Waals surface area contributed by atoms with Crippen molar-refractivity contribution in [2.24, 2.45) is 0 Å². The second-order valence-electron chi connectivity index (χ2n) is 6.85. The third-order valence-electron chi connectivity index (χ3n) is 5.30. The van der Waals surface area contributed by atoms with Gasteiger partial charge in [0.25, 0.3) is 0 Å². The van der Waals surface area contributed by atoms with Crippen molar-refractivity contribution in [2.45, 2.75) is 44.3 Å². The Morgan fingerprint density at radius 3 is 1.77 bits per heavy atom. The van der Waals surface area contributed by atoms with E-state index in [9.17, 15) is 0 Å². The summed E-state index contributed by atoms with van der Waals surface area (Å²) >= 11 is 0. The Bertz CT molecular complexity index is 760. The molecule has 3 atom stereocenters. The number of hydrogen-bond donors (Lipinski definition) is 0. The second kappa shape index (κ2) is 7.75. The Morgan fingerprint density at radius 2 is 1.31 bits per heavy atom. The van der Waals surface area contributed by atoms with Crippen LogP contribution in [0.1, 0.15) is 61.4 Å². The Balaban J connectivity index is 1.76. The third kappa shape index (κ3) is 3.37. The minimum atomic E-state index is 0.190. The predicted octanol–water partition coefficient (Wildman–Crippen LogP) is 4.90. The average molecular weight is 344 g/mol. The smallest absolute Gasteiger partial charge is 0.0575 e. The van der Waals surface area contributed by atoms with Gasteiger partial charge in [0.1, 0.15) is 0 Å². The Hall–Kier alpha value is -2.59. The molecule has 26 heavy (non-hydrogen) atoms. The maximum Gasteiger partial charge on any atom is 0.0575 e. The molecule has 0 spiro atoms. The fourth-order valence-electron chi connectivity index (χ4n) is 4.08. The Morgan fingerprint density at radius 1 is 0.769 bits per heavy atom. The molecule has 4 heteroatoms. The molecule has 4 rings (SSSR count). The molecule has 0 N–H and O–H groups in total. The van der Waals surface area contributed by atoms with E-state index in [1.54, 1.807) is 0 Å². The van der Waals surface area contributed by atoms with E-state index in [1.807, 2.05) is 36.8 Å². The number of piperidine rings is 1. The molecule has 0 amide bonds. The molecule has 0 aliphatic carbocycles. The van der Waals surface area contributed by atoms with Crippen LogP contribution < -0.4 is 0 Å². The van der Waals surface area contributed by atoms with E-state index in [2.05, 4.69) is 63.2 Å². The Kier molecular flexibility index (Phi) is 5.02. The molecule has 0 aromatic carbocycles. The number of rotatable bonds is 4. The van der Waals surface area contributed by atoms with Crippen molar-refractivity contribution in [2.75, 3.05) is 0 Å². The van der Waals surface area contributed by atoms with Crippen LogP contribution in [-0.4, -0.2) is 19.9 Å². The van der Waals surface area contributed by atoms with E-state index < -0.39 is 0 Å². The molecule has 0 radical (unpaired) electrons. The molecule has 0 saturated carbocycles. The van der Waals surface area contributed by atoms with Crippen LogP contribution in [0.4, 0.5) is 0 Å². The van der Waals surface area contributed by atoms with E-state index in [-0.39, 0.29) is 18.1 Å². The lowest BCUT2D eigenvalue weighted by Gasteiger charge is -2.45. The lowest BCUT2D eigenvalue weighted by molar-refractivity contribution is 0.0358. The SMILES string of the molecule is C[C@@H](c1ccccn1)N1[C@H](c2ccccn2)CCC[C@H]1c1ccccn1. The molecule has 4 heterocycles. The first-order valence-corrected chi connectivity index (χ1v) is 9.35. The lowest BCUT2D eigenvalue weighted by atomic mass is 9.89. The van der Waals surface area contributed by atoms with Gasteiger partial charge in [0.15, 0.2) is 0 Å². The number of nitrogens with zero attached hydrogens (tertiary/aromatic N) is 4. The molecule has 1 aliphatic heterocycles. The van der Waals surface area contributed by atoms with Crippen LogP contribution in [0, 0.1) is 0 Å². The largest absolute Gasteiger partial charge is 0.278 e. The summed E-state index contributed by atoms with van der Waals surface area (Å²) in [4.78, 5) is 16.5. The molecule has 132 valence electrons. The molecule has 3 aromatic rings. The summed E-state index contributed by atoms with van der Waals surface area (Å²) in [5.41, 5.74) is 3.36. The van der Waals surface area contributed by atoms with Gasteiger partial charge in [-0.05, 0) is 62.6 Å². The third-order valence-corrected chi connectivity index (χ3v) is 5.30. The first-order chi connectivity index (χ1) is 12.8. The highest BCUT2D eigenvalue weighted by molar-refractivity contribution is 5.19. The van der Waals surface area contributed by atoms with Gasteiger partial charge in [-0.2, -0.15) is 0 Å². The van der Waals surface area contributed by atoms with Gasteiger partial charge in [-0.25, -0.2) is 0 Å². The highest BCUT2D eigenvalue weighted by Gasteiger charge is 2.37. The maximum absolute atomic E-state index is 4.67. The molecule has 0 unspecified atom stereocenters. The lowest BCUT2D eigenvalue weighted by Crippen LogP contribution is -2.39. The molecule has 1 fully saturated rings. The summed E-state index contributed by atoms with van der Waals surface area (Å²) in [6.45, 7) is 2.25. The van der Waals surface area contributed by atoms with Gasteiger partial charge in [-0.3, -0.25) is 19.9 Å². The first-order valence-electron chi connectivity index (χ1n) is 9.35. The highest BCUT2D eigenvalue weighted by atomic mass is 15.2. The van der Waals surface area contributed by atoms with E-state index in [4.69, 9.17) is 0 Å². The summed E-state index contributed by atoms with van der Waals surface area (Å²) in [6, 6.07) is 19.3. The van der Waals surface area contributed by atoms with Crippen LogP contribution >= 0.6 is 0 Å². The summed E-state index contributed by atoms with van der Waals surface area (Å²) in [6.07, 6.45) is 9.05. The monoisotopic (exact) mass is 344 g/mol. The van der Waals surface area contributed by atoms with Crippen molar-refractivity contribution in [3.05, 3.63) is 90.3 Å². The quantitative estimate of drug-likeness (QED) is 0.675. The fourth-order valence-corrected chi connectivity index (χ4v) is 4.08.